The molecule has 3 aliphatic rings. The lowest BCUT2D eigenvalue weighted by Gasteiger charge is -2.40. The number of rotatable bonds is 5. The topological polar surface area (TPSA) is 49.8 Å². The van der Waals surface area contributed by atoms with Crippen LogP contribution in [0.15, 0.2) is 0 Å². The van der Waals surface area contributed by atoms with Crippen molar-refractivity contribution in [2.75, 3.05) is 19.6 Å². The minimum Gasteiger partial charge on any atom is -0.762 e. The quantitative estimate of drug-likeness (QED) is 0.715. The van der Waals surface area contributed by atoms with Crippen molar-refractivity contribution in [2.45, 2.75) is 84.1 Å². The molecule has 4 nitrogen and oxygen atoms in total. The van der Waals surface area contributed by atoms with Crippen LogP contribution in [0.25, 0.3) is 0 Å². The van der Waals surface area contributed by atoms with Crippen molar-refractivity contribution in [3.63, 3.8) is 0 Å². The number of hydrogen-bond donors (Lipinski definition) is 1. The fourth-order valence-corrected chi connectivity index (χ4v) is 6.11. The first kappa shape index (κ1) is 19.6. The third-order valence-corrected chi connectivity index (χ3v) is 7.30. The first-order valence-electron chi connectivity index (χ1n) is 10.9. The summed E-state index contributed by atoms with van der Waals surface area (Å²) in [5.74, 6) is 4.45. The third-order valence-electron chi connectivity index (χ3n) is 7.30. The fourth-order valence-electron chi connectivity index (χ4n) is 6.11. The largest absolute Gasteiger partial charge is 0.762 e. The Morgan fingerprint density at radius 3 is 1.96 bits per heavy atom. The molecule has 2 atom stereocenters. The second-order valence-corrected chi connectivity index (χ2v) is 9.74. The van der Waals surface area contributed by atoms with Crippen LogP contribution in [0.4, 0.5) is 0 Å². The van der Waals surface area contributed by atoms with Crippen LogP contribution in [0.2, 0.25) is 0 Å². The summed E-state index contributed by atoms with van der Waals surface area (Å²) in [4.78, 5) is 2.74. The molecule has 2 unspecified atom stereocenters. The molecule has 4 heteroatoms. The zero-order chi connectivity index (χ0) is 17.8. The Bertz CT molecular complexity index is 377. The molecule has 146 valence electrons. The molecule has 0 spiro atoms. The zero-order valence-electron chi connectivity index (χ0n) is 16.4. The van der Waals surface area contributed by atoms with Crippen LogP contribution in [-0.4, -0.2) is 41.0 Å². The molecule has 25 heavy (non-hydrogen) atoms. The van der Waals surface area contributed by atoms with E-state index in [4.69, 9.17) is 5.21 Å². The van der Waals surface area contributed by atoms with Crippen LogP contribution in [0.3, 0.4) is 0 Å². The highest BCUT2D eigenvalue weighted by atomic mass is 16.8. The summed E-state index contributed by atoms with van der Waals surface area (Å²) >= 11 is 0. The molecule has 1 saturated heterocycles. The molecule has 0 radical (unpaired) electrons. The summed E-state index contributed by atoms with van der Waals surface area (Å²) in [7, 11) is 0. The molecule has 0 aromatic rings. The molecule has 0 bridgehead atoms. The smallest absolute Gasteiger partial charge is 0.0217 e. The van der Waals surface area contributed by atoms with Crippen molar-refractivity contribution in [3.05, 3.63) is 5.21 Å². The van der Waals surface area contributed by atoms with E-state index in [0.29, 0.717) is 0 Å². The van der Waals surface area contributed by atoms with E-state index in [2.05, 4.69) is 18.7 Å². The molecule has 1 N–H and O–H groups in total. The van der Waals surface area contributed by atoms with Gasteiger partial charge in [0.2, 0.25) is 0 Å². The van der Waals surface area contributed by atoms with E-state index in [-0.39, 0.29) is 11.3 Å². The van der Waals surface area contributed by atoms with Crippen LogP contribution in [0, 0.1) is 34.8 Å². The van der Waals surface area contributed by atoms with Crippen molar-refractivity contribution in [1.82, 2.24) is 10.1 Å². The van der Waals surface area contributed by atoms with Crippen LogP contribution >= 0.6 is 0 Å². The third kappa shape index (κ3) is 5.92. The minimum atomic E-state index is -0.140. The zero-order valence-corrected chi connectivity index (χ0v) is 16.4. The van der Waals surface area contributed by atoms with E-state index in [1.807, 2.05) is 0 Å². The Balaban J connectivity index is 1.34. The Labute approximate surface area is 154 Å². The molecule has 1 heterocycles. The van der Waals surface area contributed by atoms with Crippen molar-refractivity contribution in [2.24, 2.45) is 29.6 Å². The highest BCUT2D eigenvalue weighted by Crippen LogP contribution is 2.36. The van der Waals surface area contributed by atoms with Gasteiger partial charge in [-0.05, 0) is 107 Å². The van der Waals surface area contributed by atoms with E-state index < -0.39 is 0 Å². The predicted octanol–water partition coefficient (Wildman–Crippen LogP) is 4.91. The van der Waals surface area contributed by atoms with Gasteiger partial charge in [0.15, 0.2) is 0 Å². The molecule has 0 aromatic carbocycles. The Kier molecular flexibility index (Phi) is 7.18. The van der Waals surface area contributed by atoms with Gasteiger partial charge < -0.3 is 15.3 Å². The summed E-state index contributed by atoms with van der Waals surface area (Å²) in [6.45, 7) is 8.80. The maximum absolute atomic E-state index is 11.0. The number of likely N-dealkylation sites (tertiary alicyclic amines) is 1. The lowest BCUT2D eigenvalue weighted by Crippen LogP contribution is -2.39. The van der Waals surface area contributed by atoms with Crippen molar-refractivity contribution < 1.29 is 5.21 Å². The minimum absolute atomic E-state index is 0.140. The van der Waals surface area contributed by atoms with Gasteiger partial charge in [0.1, 0.15) is 0 Å². The van der Waals surface area contributed by atoms with Gasteiger partial charge in [-0.25, -0.2) is 0 Å². The molecular formula is C21H39N2O2-. The normalized spacial score (nSPS) is 39.0. The summed E-state index contributed by atoms with van der Waals surface area (Å²) in [6, 6.07) is -0.140. The first-order valence-corrected chi connectivity index (χ1v) is 10.9. The highest BCUT2D eigenvalue weighted by molar-refractivity contribution is 4.83. The second-order valence-electron chi connectivity index (χ2n) is 9.74. The average molecular weight is 352 g/mol. The van der Waals surface area contributed by atoms with E-state index in [0.717, 1.165) is 55.3 Å². The lowest BCUT2D eigenvalue weighted by atomic mass is 9.76. The second kappa shape index (κ2) is 9.16. The van der Waals surface area contributed by atoms with Crippen molar-refractivity contribution in [3.8, 4) is 0 Å². The fraction of sp³-hybridized carbons (Fsp3) is 1.00. The van der Waals surface area contributed by atoms with Crippen molar-refractivity contribution in [1.29, 1.82) is 0 Å². The van der Waals surface area contributed by atoms with Gasteiger partial charge in [-0.2, -0.15) is 0 Å². The van der Waals surface area contributed by atoms with Gasteiger partial charge in [0.05, 0.1) is 0 Å². The summed E-state index contributed by atoms with van der Waals surface area (Å²) < 4.78 is 0. The Morgan fingerprint density at radius 2 is 1.40 bits per heavy atom. The van der Waals surface area contributed by atoms with Gasteiger partial charge in [-0.1, -0.05) is 13.8 Å². The number of piperidine rings is 1. The predicted molar refractivity (Wildman–Crippen MR) is 102 cm³/mol. The maximum Gasteiger partial charge on any atom is 0.0217 e. The molecule has 2 aliphatic carbocycles. The molecule has 3 fully saturated rings. The molecular weight excluding hydrogens is 312 g/mol. The molecule has 1 aliphatic heterocycles. The van der Waals surface area contributed by atoms with Gasteiger partial charge in [0.25, 0.3) is 0 Å². The molecule has 2 saturated carbocycles. The van der Waals surface area contributed by atoms with E-state index in [1.54, 1.807) is 0 Å². The van der Waals surface area contributed by atoms with Gasteiger partial charge in [-0.15, -0.1) is 0 Å². The number of nitrogens with zero attached hydrogens (tertiary/aromatic N) is 2. The summed E-state index contributed by atoms with van der Waals surface area (Å²) in [6.07, 6.45) is 12.4. The van der Waals surface area contributed by atoms with E-state index in [1.165, 1.54) is 58.2 Å². The molecule has 0 amide bonds. The standard InChI is InChI=1S/C21H39N2O2/c1-16-11-17(2)13-20(12-16)15-22-9-7-19(8-10-22)14-18-3-5-21(6-4-18)23(24)25/h16-21,24H,3-15H2,1-2H3/q-1. The van der Waals surface area contributed by atoms with E-state index in [9.17, 15) is 5.21 Å². The van der Waals surface area contributed by atoms with Crippen LogP contribution in [0.5, 0.6) is 0 Å². The maximum atomic E-state index is 11.0. The van der Waals surface area contributed by atoms with Gasteiger partial charge in [-0.3, -0.25) is 5.23 Å². The summed E-state index contributed by atoms with van der Waals surface area (Å²) in [5.41, 5.74) is 0. The van der Waals surface area contributed by atoms with E-state index >= 15 is 0 Å². The Hall–Kier alpha value is -0.160. The van der Waals surface area contributed by atoms with Gasteiger partial charge >= 0.3 is 0 Å². The molecule has 3 rings (SSSR count). The lowest BCUT2D eigenvalue weighted by molar-refractivity contribution is -0.0923. The van der Waals surface area contributed by atoms with Crippen molar-refractivity contribution >= 4 is 0 Å². The Morgan fingerprint density at radius 1 is 0.840 bits per heavy atom. The van der Waals surface area contributed by atoms with Crippen LogP contribution < -0.4 is 0 Å². The SMILES string of the molecule is CC1CC(C)CC(CN2CCC(CC3CCC(N([O-])O)CC3)CC2)C1. The van der Waals surface area contributed by atoms with Gasteiger partial charge in [0, 0.05) is 12.6 Å². The molecule has 0 aromatic heterocycles. The number of hydrogen-bond acceptors (Lipinski definition) is 4. The van der Waals surface area contributed by atoms with Crippen LogP contribution in [0.1, 0.15) is 78.1 Å². The highest BCUT2D eigenvalue weighted by Gasteiger charge is 2.29. The van der Waals surface area contributed by atoms with Crippen LogP contribution in [-0.2, 0) is 0 Å². The number of hydroxylamine groups is 2. The first-order chi connectivity index (χ1) is 12.0. The monoisotopic (exact) mass is 351 g/mol. The summed E-state index contributed by atoms with van der Waals surface area (Å²) in [5, 5.41) is 20.3. The average Bonchev–Trinajstić information content (AvgIpc) is 2.56.